The van der Waals surface area contributed by atoms with Crippen LogP contribution in [0, 0.1) is 10.8 Å². The van der Waals surface area contributed by atoms with Gasteiger partial charge in [0.25, 0.3) is 0 Å². The number of rotatable bonds is 10. The first-order valence-electron chi connectivity index (χ1n) is 15.3. The second kappa shape index (κ2) is 15.8. The molecule has 2 aliphatic carbocycles. The lowest BCUT2D eigenvalue weighted by atomic mass is 9.72. The molecule has 0 atom stereocenters. The fourth-order valence-electron chi connectivity index (χ4n) is 5.79. The first-order chi connectivity index (χ1) is 18.8. The van der Waals surface area contributed by atoms with Crippen molar-refractivity contribution in [2.45, 2.75) is 108 Å². The van der Waals surface area contributed by atoms with Crippen LogP contribution in [0.25, 0.3) is 0 Å². The monoisotopic (exact) mass is 536 g/mol. The Morgan fingerprint density at radius 2 is 0.825 bits per heavy atom. The van der Waals surface area contributed by atoms with Gasteiger partial charge in [-0.05, 0) is 102 Å². The van der Waals surface area contributed by atoms with Crippen LogP contribution >= 0.6 is 0 Å². The molecule has 0 aromatic heterocycles. The van der Waals surface area contributed by atoms with E-state index in [1.165, 1.54) is 72.0 Å². The van der Waals surface area contributed by atoms with Crippen LogP contribution in [0.3, 0.4) is 0 Å². The third kappa shape index (κ3) is 11.3. The highest BCUT2D eigenvalue weighted by molar-refractivity contribution is 5.39. The molecule has 216 valence electrons. The lowest BCUT2D eigenvalue weighted by Crippen LogP contribution is -2.19. The summed E-state index contributed by atoms with van der Waals surface area (Å²) in [5.74, 6) is 0. The van der Waals surface area contributed by atoms with E-state index in [0.29, 0.717) is 10.8 Å². The quantitative estimate of drug-likeness (QED) is 0.244. The third-order valence-corrected chi connectivity index (χ3v) is 8.38. The van der Waals surface area contributed by atoms with Gasteiger partial charge in [-0.3, -0.25) is 0 Å². The SMILES string of the molecule is CC1=C(/C=C/C(C)=C/C=C/C(C)=C\C=C\C=C(C)\C=C\C=C(C)\C=C\C2=C(C)CCCC2(C)C)C(C)(C)CCC1. The van der Waals surface area contributed by atoms with Crippen LogP contribution in [0.15, 0.2) is 130 Å². The van der Waals surface area contributed by atoms with Crippen LogP contribution in [-0.4, -0.2) is 0 Å². The van der Waals surface area contributed by atoms with Gasteiger partial charge < -0.3 is 0 Å². The molecule has 0 aliphatic heterocycles. The average Bonchev–Trinajstić information content (AvgIpc) is 2.85. The molecule has 0 fully saturated rings. The number of allylic oxidation sites excluding steroid dienone is 22. The van der Waals surface area contributed by atoms with E-state index in [2.05, 4.69) is 154 Å². The molecule has 0 radical (unpaired) electrons. The Balaban J connectivity index is 1.89. The van der Waals surface area contributed by atoms with E-state index in [0.717, 1.165) is 0 Å². The van der Waals surface area contributed by atoms with Gasteiger partial charge in [-0.25, -0.2) is 0 Å². The molecule has 2 rings (SSSR count). The van der Waals surface area contributed by atoms with Gasteiger partial charge in [0, 0.05) is 0 Å². The molecule has 0 heterocycles. The maximum atomic E-state index is 2.37. The van der Waals surface area contributed by atoms with Crippen molar-refractivity contribution in [3.8, 4) is 0 Å². The molecular weight excluding hydrogens is 480 g/mol. The Hall–Kier alpha value is -2.86. The molecule has 2 aliphatic rings. The topological polar surface area (TPSA) is 0 Å². The van der Waals surface area contributed by atoms with Crippen molar-refractivity contribution < 1.29 is 0 Å². The molecule has 0 saturated heterocycles. The molecular formula is C40H56. The first kappa shape index (κ1) is 33.3. The van der Waals surface area contributed by atoms with Crippen LogP contribution in [-0.2, 0) is 0 Å². The van der Waals surface area contributed by atoms with Crippen molar-refractivity contribution >= 4 is 0 Å². The van der Waals surface area contributed by atoms with E-state index in [-0.39, 0.29) is 0 Å². The molecule has 0 unspecified atom stereocenters. The van der Waals surface area contributed by atoms with Crippen molar-refractivity contribution in [2.24, 2.45) is 10.8 Å². The molecule has 0 saturated carbocycles. The summed E-state index contributed by atoms with van der Waals surface area (Å²) in [6.07, 6.45) is 38.4. The summed E-state index contributed by atoms with van der Waals surface area (Å²) in [5, 5.41) is 0. The van der Waals surface area contributed by atoms with E-state index in [4.69, 9.17) is 0 Å². The van der Waals surface area contributed by atoms with E-state index in [1.807, 2.05) is 0 Å². The Morgan fingerprint density at radius 3 is 1.18 bits per heavy atom. The summed E-state index contributed by atoms with van der Waals surface area (Å²) in [4.78, 5) is 0. The fourth-order valence-corrected chi connectivity index (χ4v) is 5.79. The minimum absolute atomic E-state index is 0.291. The van der Waals surface area contributed by atoms with Gasteiger partial charge in [-0.2, -0.15) is 0 Å². The third-order valence-electron chi connectivity index (χ3n) is 8.38. The average molecular weight is 537 g/mol. The lowest BCUT2D eigenvalue weighted by Gasteiger charge is -2.33. The smallest absolute Gasteiger partial charge is 0.0104 e. The van der Waals surface area contributed by atoms with Crippen LogP contribution in [0.5, 0.6) is 0 Å². The second-order valence-corrected chi connectivity index (χ2v) is 13.3. The van der Waals surface area contributed by atoms with Crippen molar-refractivity contribution in [1.82, 2.24) is 0 Å². The predicted molar refractivity (Wildman–Crippen MR) is 181 cm³/mol. The molecule has 40 heavy (non-hydrogen) atoms. The summed E-state index contributed by atoms with van der Waals surface area (Å²) < 4.78 is 0. The van der Waals surface area contributed by atoms with Crippen LogP contribution in [0.1, 0.15) is 108 Å². The van der Waals surface area contributed by atoms with Crippen molar-refractivity contribution in [3.05, 3.63) is 130 Å². The highest BCUT2D eigenvalue weighted by atomic mass is 14.3. The zero-order chi connectivity index (χ0) is 29.8. The van der Waals surface area contributed by atoms with Crippen LogP contribution in [0.2, 0.25) is 0 Å². The van der Waals surface area contributed by atoms with Gasteiger partial charge in [-0.15, -0.1) is 0 Å². The van der Waals surface area contributed by atoms with Crippen LogP contribution in [0.4, 0.5) is 0 Å². The molecule has 0 N–H and O–H groups in total. The molecule has 0 nitrogen and oxygen atoms in total. The normalized spacial score (nSPS) is 21.9. The predicted octanol–water partition coefficient (Wildman–Crippen LogP) is 12.6. The summed E-state index contributed by atoms with van der Waals surface area (Å²) in [6, 6.07) is 0. The Bertz CT molecular complexity index is 1120. The molecule has 0 aromatic carbocycles. The highest BCUT2D eigenvalue weighted by Gasteiger charge is 2.27. The van der Waals surface area contributed by atoms with Crippen molar-refractivity contribution in [3.63, 3.8) is 0 Å². The maximum absolute atomic E-state index is 2.37. The summed E-state index contributed by atoms with van der Waals surface area (Å²) in [6.45, 7) is 22.7. The largest absolute Gasteiger partial charge is 0.0696 e. The Labute approximate surface area is 247 Å². The minimum atomic E-state index is 0.291. The summed E-state index contributed by atoms with van der Waals surface area (Å²) in [7, 11) is 0. The molecule has 0 heteroatoms. The van der Waals surface area contributed by atoms with Gasteiger partial charge in [-0.1, -0.05) is 146 Å². The fraction of sp³-hybridized carbons (Fsp3) is 0.450. The Kier molecular flexibility index (Phi) is 13.2. The summed E-state index contributed by atoms with van der Waals surface area (Å²) in [5.41, 5.74) is 11.7. The first-order valence-corrected chi connectivity index (χ1v) is 15.3. The van der Waals surface area contributed by atoms with Gasteiger partial charge in [0.2, 0.25) is 0 Å². The van der Waals surface area contributed by atoms with Gasteiger partial charge in [0.15, 0.2) is 0 Å². The van der Waals surface area contributed by atoms with E-state index in [9.17, 15) is 0 Å². The Morgan fingerprint density at radius 1 is 0.500 bits per heavy atom. The zero-order valence-electron chi connectivity index (χ0n) is 27.3. The van der Waals surface area contributed by atoms with Gasteiger partial charge in [0.05, 0.1) is 0 Å². The minimum Gasteiger partial charge on any atom is -0.0696 e. The highest BCUT2D eigenvalue weighted by Crippen LogP contribution is 2.41. The second-order valence-electron chi connectivity index (χ2n) is 13.3. The van der Waals surface area contributed by atoms with Crippen molar-refractivity contribution in [2.75, 3.05) is 0 Å². The maximum Gasteiger partial charge on any atom is -0.0104 e. The number of hydrogen-bond acceptors (Lipinski definition) is 0. The zero-order valence-corrected chi connectivity index (χ0v) is 27.3. The lowest BCUT2D eigenvalue weighted by molar-refractivity contribution is 0.376. The molecule has 0 bridgehead atoms. The van der Waals surface area contributed by atoms with Crippen molar-refractivity contribution in [1.29, 1.82) is 0 Å². The molecule has 0 aromatic rings. The van der Waals surface area contributed by atoms with E-state index < -0.39 is 0 Å². The van der Waals surface area contributed by atoms with E-state index in [1.54, 1.807) is 11.1 Å². The van der Waals surface area contributed by atoms with Gasteiger partial charge >= 0.3 is 0 Å². The van der Waals surface area contributed by atoms with E-state index >= 15 is 0 Å². The van der Waals surface area contributed by atoms with Crippen LogP contribution < -0.4 is 0 Å². The molecule has 0 spiro atoms. The standard InChI is InChI=1S/C40H56/c1-31(19-13-21-33(3)25-27-37-35(5)23-15-29-39(37,7)8)17-11-12-18-32(2)20-14-22-34(4)26-28-38-36(6)24-16-30-40(38,9)10/h11-14,17-22,25-28H,15-16,23-24,29-30H2,1-10H3/b12-11+,19-13+,20-14+,27-25+,28-26+,31-17-,32-18+,33-21+,34-22+. The number of hydrogen-bond donors (Lipinski definition) is 0. The molecule has 0 amide bonds. The summed E-state index contributed by atoms with van der Waals surface area (Å²) >= 11 is 0. The van der Waals surface area contributed by atoms with Gasteiger partial charge in [0.1, 0.15) is 0 Å².